The van der Waals surface area contributed by atoms with Crippen LogP contribution in [0.4, 0.5) is 5.69 Å². The van der Waals surface area contributed by atoms with Crippen molar-refractivity contribution in [2.24, 2.45) is 5.92 Å². The average Bonchev–Trinajstić information content (AvgIpc) is 2.61. The van der Waals surface area contributed by atoms with Gasteiger partial charge in [-0.05, 0) is 34.3 Å². The molecule has 1 fully saturated rings. The molecule has 1 amide bonds. The van der Waals surface area contributed by atoms with Crippen LogP contribution in [0.3, 0.4) is 0 Å². The van der Waals surface area contributed by atoms with E-state index < -0.39 is 9.84 Å². The lowest BCUT2D eigenvalue weighted by Gasteiger charge is -2.09. The number of nitrogens with one attached hydrogen (secondary N) is 1. The summed E-state index contributed by atoms with van der Waals surface area (Å²) in [6, 6.07) is 1.69. The minimum atomic E-state index is -2.92. The fraction of sp³-hybridized carbons (Fsp3) is 0.455. The largest absolute Gasteiger partial charge is 0.325 e. The molecule has 0 spiro atoms. The van der Waals surface area contributed by atoms with Crippen molar-refractivity contribution in [3.63, 3.8) is 0 Å². The fourth-order valence-electron chi connectivity index (χ4n) is 1.97. The van der Waals surface area contributed by atoms with Crippen molar-refractivity contribution in [1.82, 2.24) is 4.98 Å². The summed E-state index contributed by atoms with van der Waals surface area (Å²) < 4.78 is 23.3. The van der Waals surface area contributed by atoms with Crippen LogP contribution in [0, 0.1) is 5.92 Å². The van der Waals surface area contributed by atoms with E-state index >= 15 is 0 Å². The lowest BCUT2D eigenvalue weighted by molar-refractivity contribution is -0.116. The van der Waals surface area contributed by atoms with E-state index in [1.807, 2.05) is 0 Å². The summed E-state index contributed by atoms with van der Waals surface area (Å²) in [6.07, 6.45) is 4.00. The third-order valence-corrected chi connectivity index (χ3v) is 5.32. The highest BCUT2D eigenvalue weighted by Gasteiger charge is 2.29. The van der Waals surface area contributed by atoms with Gasteiger partial charge in [0.05, 0.1) is 21.7 Å². The van der Waals surface area contributed by atoms with Crippen molar-refractivity contribution in [2.45, 2.75) is 12.8 Å². The van der Waals surface area contributed by atoms with E-state index in [0.717, 1.165) is 0 Å². The number of pyridine rings is 1. The number of anilines is 1. The number of rotatable bonds is 3. The molecule has 0 radical (unpaired) electrons. The quantitative estimate of drug-likeness (QED) is 0.912. The van der Waals surface area contributed by atoms with Gasteiger partial charge in [-0.2, -0.15) is 0 Å². The van der Waals surface area contributed by atoms with Crippen LogP contribution in [0.5, 0.6) is 0 Å². The van der Waals surface area contributed by atoms with Gasteiger partial charge in [0.15, 0.2) is 9.84 Å². The number of nitrogens with zero attached hydrogens (tertiary/aromatic N) is 1. The molecule has 1 saturated heterocycles. The molecule has 2 heterocycles. The first kappa shape index (κ1) is 13.5. The smallest absolute Gasteiger partial charge is 0.224 e. The van der Waals surface area contributed by atoms with E-state index in [1.54, 1.807) is 18.5 Å². The fourth-order valence-corrected chi connectivity index (χ4v) is 4.18. The maximum Gasteiger partial charge on any atom is 0.224 e. The van der Waals surface area contributed by atoms with Gasteiger partial charge in [-0.1, -0.05) is 0 Å². The van der Waals surface area contributed by atoms with Crippen molar-refractivity contribution < 1.29 is 13.2 Å². The maximum absolute atomic E-state index is 11.8. The van der Waals surface area contributed by atoms with E-state index in [-0.39, 0.29) is 29.8 Å². The zero-order valence-corrected chi connectivity index (χ0v) is 12.0. The van der Waals surface area contributed by atoms with E-state index in [0.29, 0.717) is 16.6 Å². The molecule has 1 atom stereocenters. The number of aromatic nitrogens is 1. The number of sulfone groups is 1. The maximum atomic E-state index is 11.8. The first-order chi connectivity index (χ1) is 8.46. The molecule has 1 N–H and O–H groups in total. The van der Waals surface area contributed by atoms with Crippen LogP contribution < -0.4 is 5.32 Å². The van der Waals surface area contributed by atoms with E-state index in [2.05, 4.69) is 26.2 Å². The minimum absolute atomic E-state index is 0.0596. The van der Waals surface area contributed by atoms with E-state index in [9.17, 15) is 13.2 Å². The molecular weight excluding hydrogens is 320 g/mol. The summed E-state index contributed by atoms with van der Waals surface area (Å²) in [7, 11) is -2.92. The number of carbonyl (C=O) groups is 1. The summed E-state index contributed by atoms with van der Waals surface area (Å²) in [6.45, 7) is 0. The van der Waals surface area contributed by atoms with Crippen molar-refractivity contribution >= 4 is 37.4 Å². The second-order valence-corrected chi connectivity index (χ2v) is 7.46. The Labute approximate surface area is 114 Å². The Bertz CT molecular complexity index is 559. The Hall–Kier alpha value is -0.950. The van der Waals surface area contributed by atoms with Crippen LogP contribution in [0.25, 0.3) is 0 Å². The van der Waals surface area contributed by atoms with Gasteiger partial charge < -0.3 is 5.32 Å². The summed E-state index contributed by atoms with van der Waals surface area (Å²) in [4.78, 5) is 15.7. The van der Waals surface area contributed by atoms with E-state index in [4.69, 9.17) is 0 Å². The summed E-state index contributed by atoms with van der Waals surface area (Å²) in [5.74, 6) is 0.0987. The SMILES string of the molecule is O=C(CC1CCS(=O)(=O)C1)Nc1ccncc1Br. The molecule has 1 unspecified atom stereocenters. The Balaban J connectivity index is 1.92. The summed E-state index contributed by atoms with van der Waals surface area (Å²) in [5, 5.41) is 2.74. The van der Waals surface area contributed by atoms with Gasteiger partial charge in [0.1, 0.15) is 0 Å². The standard InChI is InChI=1S/C11H13BrN2O3S/c12-9-6-13-3-1-10(9)14-11(15)5-8-2-4-18(16,17)7-8/h1,3,6,8H,2,4-5,7H2,(H,13,14,15). The highest BCUT2D eigenvalue weighted by atomic mass is 79.9. The Morgan fingerprint density at radius 1 is 1.56 bits per heavy atom. The molecule has 18 heavy (non-hydrogen) atoms. The van der Waals surface area contributed by atoms with Gasteiger partial charge >= 0.3 is 0 Å². The predicted molar refractivity (Wildman–Crippen MR) is 71.9 cm³/mol. The molecule has 7 heteroatoms. The third kappa shape index (κ3) is 3.52. The molecule has 98 valence electrons. The van der Waals surface area contributed by atoms with Crippen LogP contribution in [-0.4, -0.2) is 30.8 Å². The normalized spacial score (nSPS) is 21.7. The molecular formula is C11H13BrN2O3S. The van der Waals surface area contributed by atoms with Crippen LogP contribution in [0.2, 0.25) is 0 Å². The second-order valence-electron chi connectivity index (χ2n) is 4.38. The second kappa shape index (κ2) is 5.36. The number of hydrogen-bond donors (Lipinski definition) is 1. The monoisotopic (exact) mass is 332 g/mol. The molecule has 1 aromatic heterocycles. The molecule has 1 aromatic rings. The average molecular weight is 333 g/mol. The highest BCUT2D eigenvalue weighted by molar-refractivity contribution is 9.10. The van der Waals surface area contributed by atoms with Crippen molar-refractivity contribution in [3.8, 4) is 0 Å². The zero-order chi connectivity index (χ0) is 13.2. The van der Waals surface area contributed by atoms with Gasteiger partial charge in [-0.25, -0.2) is 8.42 Å². The van der Waals surface area contributed by atoms with Gasteiger partial charge in [-0.3, -0.25) is 9.78 Å². The number of hydrogen-bond acceptors (Lipinski definition) is 4. The van der Waals surface area contributed by atoms with Crippen molar-refractivity contribution in [2.75, 3.05) is 16.8 Å². The predicted octanol–water partition coefficient (Wildman–Crippen LogP) is 1.61. The topological polar surface area (TPSA) is 76.1 Å². The zero-order valence-electron chi connectivity index (χ0n) is 9.60. The van der Waals surface area contributed by atoms with Gasteiger partial charge in [0, 0.05) is 18.8 Å². The molecule has 0 aliphatic carbocycles. The first-order valence-corrected chi connectivity index (χ1v) is 8.17. The molecule has 5 nitrogen and oxygen atoms in total. The van der Waals surface area contributed by atoms with Crippen molar-refractivity contribution in [1.29, 1.82) is 0 Å². The molecule has 0 aromatic carbocycles. The lowest BCUT2D eigenvalue weighted by Crippen LogP contribution is -2.17. The first-order valence-electron chi connectivity index (χ1n) is 5.56. The number of halogens is 1. The van der Waals surface area contributed by atoms with Gasteiger partial charge in [0.25, 0.3) is 0 Å². The van der Waals surface area contributed by atoms with Gasteiger partial charge in [-0.15, -0.1) is 0 Å². The lowest BCUT2D eigenvalue weighted by atomic mass is 10.1. The Morgan fingerprint density at radius 3 is 2.94 bits per heavy atom. The molecule has 1 aliphatic heterocycles. The van der Waals surface area contributed by atoms with Gasteiger partial charge in [0.2, 0.25) is 5.91 Å². The third-order valence-electron chi connectivity index (χ3n) is 2.85. The highest BCUT2D eigenvalue weighted by Crippen LogP contribution is 2.24. The molecule has 0 bridgehead atoms. The van der Waals surface area contributed by atoms with Crippen molar-refractivity contribution in [3.05, 3.63) is 22.9 Å². The molecule has 1 aliphatic rings. The summed E-state index contributed by atoms with van der Waals surface area (Å²) in [5.41, 5.74) is 0.649. The Morgan fingerprint density at radius 2 is 2.33 bits per heavy atom. The van der Waals surface area contributed by atoms with Crippen LogP contribution >= 0.6 is 15.9 Å². The molecule has 2 rings (SSSR count). The summed E-state index contributed by atoms with van der Waals surface area (Å²) >= 11 is 3.28. The molecule has 0 saturated carbocycles. The Kier molecular flexibility index (Phi) is 4.01. The van der Waals surface area contributed by atoms with Crippen LogP contribution in [-0.2, 0) is 14.6 Å². The van der Waals surface area contributed by atoms with Crippen LogP contribution in [0.15, 0.2) is 22.9 Å². The van der Waals surface area contributed by atoms with E-state index in [1.165, 1.54) is 0 Å². The minimum Gasteiger partial charge on any atom is -0.325 e. The number of carbonyl (C=O) groups excluding carboxylic acids is 1. The van der Waals surface area contributed by atoms with Crippen LogP contribution in [0.1, 0.15) is 12.8 Å². The number of amides is 1.